The monoisotopic (exact) mass is 306 g/mol. The Morgan fingerprint density at radius 3 is 2.95 bits per heavy atom. The molecule has 21 heavy (non-hydrogen) atoms. The molecule has 1 aromatic heterocycles. The van der Waals surface area contributed by atoms with Crippen molar-refractivity contribution in [3.8, 4) is 5.75 Å². The first-order valence-corrected chi connectivity index (χ1v) is 7.59. The van der Waals surface area contributed by atoms with Crippen molar-refractivity contribution in [3.63, 3.8) is 0 Å². The fourth-order valence-electron chi connectivity index (χ4n) is 1.88. The molecule has 0 aliphatic carbocycles. The van der Waals surface area contributed by atoms with Crippen LogP contribution in [0.15, 0.2) is 35.8 Å². The van der Waals surface area contributed by atoms with E-state index in [1.165, 1.54) is 11.3 Å². The van der Waals surface area contributed by atoms with Crippen molar-refractivity contribution >= 4 is 22.4 Å². The highest BCUT2D eigenvalue weighted by Crippen LogP contribution is 2.18. The summed E-state index contributed by atoms with van der Waals surface area (Å²) in [6.45, 7) is 3.54. The van der Waals surface area contributed by atoms with Crippen LogP contribution in [0, 0.1) is 6.92 Å². The van der Waals surface area contributed by atoms with Gasteiger partial charge in [-0.3, -0.25) is 4.79 Å². The van der Waals surface area contributed by atoms with Gasteiger partial charge in [0.05, 0.1) is 13.0 Å². The van der Waals surface area contributed by atoms with Gasteiger partial charge in [0.2, 0.25) is 0 Å². The number of nitrogens with zero attached hydrogens (tertiary/aromatic N) is 2. The van der Waals surface area contributed by atoms with Gasteiger partial charge in [0.15, 0.2) is 5.13 Å². The van der Waals surface area contributed by atoms with Gasteiger partial charge in [0, 0.05) is 18.1 Å². The van der Waals surface area contributed by atoms with Gasteiger partial charge in [-0.15, -0.1) is 11.3 Å². The number of rotatable bonds is 8. The Balaban J connectivity index is 1.88. The number of aromatic nitrogens is 1. The number of carboxylic acid groups (broad SMARTS) is 1. The van der Waals surface area contributed by atoms with Crippen LogP contribution in [0.4, 0.5) is 5.13 Å². The summed E-state index contributed by atoms with van der Waals surface area (Å²) >= 11 is 1.50. The largest absolute Gasteiger partial charge is 0.492 e. The van der Waals surface area contributed by atoms with Crippen LogP contribution in [0.3, 0.4) is 0 Å². The highest BCUT2D eigenvalue weighted by atomic mass is 32.1. The zero-order valence-electron chi connectivity index (χ0n) is 11.9. The molecule has 1 heterocycles. The Hall–Kier alpha value is -2.08. The summed E-state index contributed by atoms with van der Waals surface area (Å²) < 4.78 is 5.71. The lowest BCUT2D eigenvalue weighted by Crippen LogP contribution is -2.30. The third-order valence-electron chi connectivity index (χ3n) is 2.90. The van der Waals surface area contributed by atoms with Gasteiger partial charge in [0.25, 0.3) is 0 Å². The predicted octanol–water partition coefficient (Wildman–Crippen LogP) is 2.81. The Labute approximate surface area is 127 Å². The standard InChI is InChI=1S/C15H18N2O3S/c1-12-3-2-4-13(11-12)20-9-8-17(7-5-14(18)19)15-16-6-10-21-15/h2-4,6,10-11H,5,7-9H2,1H3,(H,18,19). The van der Waals surface area contributed by atoms with E-state index in [0.29, 0.717) is 19.7 Å². The van der Waals surface area contributed by atoms with Crippen LogP contribution >= 0.6 is 11.3 Å². The first-order chi connectivity index (χ1) is 10.1. The zero-order valence-corrected chi connectivity index (χ0v) is 12.7. The summed E-state index contributed by atoms with van der Waals surface area (Å²) in [5.41, 5.74) is 1.15. The van der Waals surface area contributed by atoms with E-state index in [1.54, 1.807) is 6.20 Å². The highest BCUT2D eigenvalue weighted by Gasteiger charge is 2.11. The number of carbonyl (C=O) groups is 1. The van der Waals surface area contributed by atoms with Crippen LogP contribution < -0.4 is 9.64 Å². The number of hydrogen-bond donors (Lipinski definition) is 1. The minimum absolute atomic E-state index is 0.0873. The molecule has 0 saturated heterocycles. The Morgan fingerprint density at radius 2 is 2.29 bits per heavy atom. The SMILES string of the molecule is Cc1cccc(OCCN(CCC(=O)O)c2nccs2)c1. The Morgan fingerprint density at radius 1 is 1.43 bits per heavy atom. The summed E-state index contributed by atoms with van der Waals surface area (Å²) in [5.74, 6) is 0.0171. The van der Waals surface area contributed by atoms with E-state index in [4.69, 9.17) is 9.84 Å². The van der Waals surface area contributed by atoms with Crippen molar-refractivity contribution in [2.75, 3.05) is 24.6 Å². The molecule has 112 valence electrons. The molecule has 2 aromatic rings. The molecule has 0 bridgehead atoms. The normalized spacial score (nSPS) is 10.3. The molecule has 0 unspecified atom stereocenters. The average molecular weight is 306 g/mol. The molecule has 0 aliphatic rings. The van der Waals surface area contributed by atoms with Crippen molar-refractivity contribution < 1.29 is 14.6 Å². The van der Waals surface area contributed by atoms with Crippen LogP contribution in [-0.4, -0.2) is 35.8 Å². The molecule has 6 heteroatoms. The first-order valence-electron chi connectivity index (χ1n) is 6.71. The van der Waals surface area contributed by atoms with E-state index in [-0.39, 0.29) is 6.42 Å². The number of benzene rings is 1. The zero-order chi connectivity index (χ0) is 15.1. The Kier molecular flexibility index (Phi) is 5.57. The van der Waals surface area contributed by atoms with Crippen molar-refractivity contribution in [1.82, 2.24) is 4.98 Å². The van der Waals surface area contributed by atoms with Gasteiger partial charge in [-0.1, -0.05) is 12.1 Å². The molecular formula is C15H18N2O3S. The number of carboxylic acids is 1. The minimum Gasteiger partial charge on any atom is -0.492 e. The maximum absolute atomic E-state index is 10.7. The molecule has 0 saturated carbocycles. The molecule has 0 fully saturated rings. The van der Waals surface area contributed by atoms with Crippen molar-refractivity contribution in [3.05, 3.63) is 41.4 Å². The lowest BCUT2D eigenvalue weighted by molar-refractivity contribution is -0.136. The maximum Gasteiger partial charge on any atom is 0.305 e. The molecule has 0 spiro atoms. The number of ether oxygens (including phenoxy) is 1. The summed E-state index contributed by atoms with van der Waals surface area (Å²) in [6, 6.07) is 7.86. The lowest BCUT2D eigenvalue weighted by atomic mass is 10.2. The number of aliphatic carboxylic acids is 1. The minimum atomic E-state index is -0.809. The van der Waals surface area contributed by atoms with Gasteiger partial charge >= 0.3 is 5.97 Å². The van der Waals surface area contributed by atoms with E-state index in [0.717, 1.165) is 16.4 Å². The van der Waals surface area contributed by atoms with Gasteiger partial charge < -0.3 is 14.7 Å². The van der Waals surface area contributed by atoms with Crippen LogP contribution in [0.5, 0.6) is 5.75 Å². The van der Waals surface area contributed by atoms with Gasteiger partial charge in [-0.25, -0.2) is 4.98 Å². The highest BCUT2D eigenvalue weighted by molar-refractivity contribution is 7.13. The Bertz CT molecular complexity index is 572. The van der Waals surface area contributed by atoms with Crippen molar-refractivity contribution in [2.24, 2.45) is 0 Å². The molecule has 5 nitrogen and oxygen atoms in total. The van der Waals surface area contributed by atoms with Crippen molar-refractivity contribution in [1.29, 1.82) is 0 Å². The molecule has 0 radical (unpaired) electrons. The predicted molar refractivity (Wildman–Crippen MR) is 83.3 cm³/mol. The molecule has 0 atom stereocenters. The maximum atomic E-state index is 10.7. The van der Waals surface area contributed by atoms with E-state index >= 15 is 0 Å². The van der Waals surface area contributed by atoms with E-state index < -0.39 is 5.97 Å². The van der Waals surface area contributed by atoms with Crippen LogP contribution in [-0.2, 0) is 4.79 Å². The molecular weight excluding hydrogens is 288 g/mol. The fourth-order valence-corrected chi connectivity index (χ4v) is 2.58. The van der Waals surface area contributed by atoms with Crippen LogP contribution in [0.25, 0.3) is 0 Å². The summed E-state index contributed by atoms with van der Waals surface area (Å²) in [6.07, 6.45) is 1.80. The second kappa shape index (κ2) is 7.64. The third-order valence-corrected chi connectivity index (χ3v) is 3.74. The smallest absolute Gasteiger partial charge is 0.305 e. The topological polar surface area (TPSA) is 62.7 Å². The summed E-state index contributed by atoms with van der Waals surface area (Å²) in [7, 11) is 0. The van der Waals surface area contributed by atoms with Gasteiger partial charge in [0.1, 0.15) is 12.4 Å². The van der Waals surface area contributed by atoms with Gasteiger partial charge in [-0.2, -0.15) is 0 Å². The number of aryl methyl sites for hydroxylation is 1. The van der Waals surface area contributed by atoms with E-state index in [1.807, 2.05) is 41.5 Å². The summed E-state index contributed by atoms with van der Waals surface area (Å²) in [4.78, 5) is 16.9. The lowest BCUT2D eigenvalue weighted by Gasteiger charge is -2.21. The molecule has 0 amide bonds. The molecule has 2 rings (SSSR count). The second-order valence-corrected chi connectivity index (χ2v) is 5.48. The molecule has 0 aliphatic heterocycles. The van der Waals surface area contributed by atoms with E-state index in [2.05, 4.69) is 4.98 Å². The molecule has 1 aromatic carbocycles. The quantitative estimate of drug-likeness (QED) is 0.812. The second-order valence-electron chi connectivity index (χ2n) is 4.61. The number of thiazole rings is 1. The number of hydrogen-bond acceptors (Lipinski definition) is 5. The average Bonchev–Trinajstić information content (AvgIpc) is 2.96. The van der Waals surface area contributed by atoms with Gasteiger partial charge in [-0.05, 0) is 24.6 Å². The van der Waals surface area contributed by atoms with Crippen LogP contribution in [0.1, 0.15) is 12.0 Å². The fraction of sp³-hybridized carbons (Fsp3) is 0.333. The van der Waals surface area contributed by atoms with Crippen LogP contribution in [0.2, 0.25) is 0 Å². The first kappa shape index (κ1) is 15.3. The van der Waals surface area contributed by atoms with E-state index in [9.17, 15) is 4.79 Å². The summed E-state index contributed by atoms with van der Waals surface area (Å²) in [5, 5.41) is 11.5. The molecule has 1 N–H and O–H groups in total. The number of anilines is 1. The third kappa shape index (κ3) is 5.07. The van der Waals surface area contributed by atoms with Crippen molar-refractivity contribution in [2.45, 2.75) is 13.3 Å².